The van der Waals surface area contributed by atoms with Gasteiger partial charge in [0.1, 0.15) is 5.60 Å². The third kappa shape index (κ3) is 2.98. The van der Waals surface area contributed by atoms with Gasteiger partial charge in [-0.05, 0) is 39.7 Å². The summed E-state index contributed by atoms with van der Waals surface area (Å²) in [4.78, 5) is 12.8. The molecule has 2 rings (SSSR count). The summed E-state index contributed by atoms with van der Waals surface area (Å²) in [7, 11) is 0. The normalized spacial score (nSPS) is 15.9. The van der Waals surface area contributed by atoms with E-state index in [0.29, 0.717) is 5.92 Å². The summed E-state index contributed by atoms with van der Waals surface area (Å²) in [5.74, 6) is 0.585. The molecular weight excluding hydrogens is 206 g/mol. The van der Waals surface area contributed by atoms with Crippen molar-refractivity contribution < 1.29 is 9.53 Å². The maximum atomic E-state index is 11.4. The lowest BCUT2D eigenvalue weighted by Gasteiger charge is -2.19. The van der Waals surface area contributed by atoms with Gasteiger partial charge in [-0.3, -0.25) is 0 Å². The van der Waals surface area contributed by atoms with Gasteiger partial charge in [-0.1, -0.05) is 0 Å². The first-order valence-corrected chi connectivity index (χ1v) is 5.49. The van der Waals surface area contributed by atoms with Crippen LogP contribution in [0.3, 0.4) is 0 Å². The Balaban J connectivity index is 1.90. The quantitative estimate of drug-likeness (QED) is 0.836. The summed E-state index contributed by atoms with van der Waals surface area (Å²) in [6.45, 7) is 5.47. The van der Waals surface area contributed by atoms with Crippen molar-refractivity contribution in [3.05, 3.63) is 18.0 Å². The van der Waals surface area contributed by atoms with Gasteiger partial charge in [0.25, 0.3) is 0 Å². The van der Waals surface area contributed by atoms with Crippen molar-refractivity contribution >= 4 is 6.09 Å². The number of ether oxygens (including phenoxy) is 1. The Morgan fingerprint density at radius 3 is 2.81 bits per heavy atom. The van der Waals surface area contributed by atoms with Crippen LogP contribution >= 0.6 is 0 Å². The zero-order valence-corrected chi connectivity index (χ0v) is 9.86. The molecule has 5 nitrogen and oxygen atoms in total. The van der Waals surface area contributed by atoms with Crippen LogP contribution in [0.2, 0.25) is 0 Å². The average Bonchev–Trinajstić information content (AvgIpc) is 2.85. The lowest BCUT2D eigenvalue weighted by atomic mass is 10.2. The van der Waals surface area contributed by atoms with E-state index in [1.165, 1.54) is 17.6 Å². The molecule has 0 aliphatic heterocycles. The lowest BCUT2D eigenvalue weighted by molar-refractivity contribution is 0.0609. The molecule has 0 unspecified atom stereocenters. The van der Waals surface area contributed by atoms with Gasteiger partial charge < -0.3 is 4.74 Å². The number of nitrogens with one attached hydrogen (secondary N) is 1. The Hall–Kier alpha value is -1.52. The van der Waals surface area contributed by atoms with Gasteiger partial charge in [-0.15, -0.1) is 0 Å². The van der Waals surface area contributed by atoms with E-state index in [1.807, 2.05) is 26.8 Å². The van der Waals surface area contributed by atoms with Crippen LogP contribution in [0.15, 0.2) is 12.3 Å². The molecule has 0 aromatic carbocycles. The maximum Gasteiger partial charge on any atom is 0.428 e. The van der Waals surface area contributed by atoms with Crippen molar-refractivity contribution in [2.24, 2.45) is 0 Å². The molecule has 0 spiro atoms. The zero-order chi connectivity index (χ0) is 11.8. The van der Waals surface area contributed by atoms with E-state index >= 15 is 0 Å². The Kier molecular flexibility index (Phi) is 2.61. The fourth-order valence-electron chi connectivity index (χ4n) is 1.39. The van der Waals surface area contributed by atoms with E-state index in [-0.39, 0.29) is 0 Å². The van der Waals surface area contributed by atoms with Gasteiger partial charge in [-0.25, -0.2) is 10.2 Å². The molecular formula is C11H17N3O2. The first-order valence-electron chi connectivity index (χ1n) is 5.49. The highest BCUT2D eigenvalue weighted by atomic mass is 16.6. The number of rotatable bonds is 2. The molecule has 0 atom stereocenters. The summed E-state index contributed by atoms with van der Waals surface area (Å²) < 4.78 is 5.12. The number of aromatic nitrogens is 2. The van der Waals surface area contributed by atoms with Crippen LogP contribution in [0.4, 0.5) is 4.79 Å². The molecule has 1 aromatic rings. The second-order valence-electron chi connectivity index (χ2n) is 5.07. The third-order valence-corrected chi connectivity index (χ3v) is 2.21. The number of amides is 1. The molecule has 1 aliphatic carbocycles. The molecule has 0 bridgehead atoms. The molecule has 1 aliphatic rings. The van der Waals surface area contributed by atoms with Crippen LogP contribution < -0.4 is 5.43 Å². The van der Waals surface area contributed by atoms with Gasteiger partial charge in [0, 0.05) is 12.1 Å². The minimum Gasteiger partial charge on any atom is -0.443 e. The monoisotopic (exact) mass is 223 g/mol. The van der Waals surface area contributed by atoms with Crippen LogP contribution in [0.5, 0.6) is 0 Å². The molecule has 1 N–H and O–H groups in total. The number of carbonyl (C=O) groups excluding carboxylic acids is 1. The highest BCUT2D eigenvalue weighted by Crippen LogP contribution is 2.38. The molecule has 1 fully saturated rings. The van der Waals surface area contributed by atoms with E-state index in [0.717, 1.165) is 5.69 Å². The fourth-order valence-corrected chi connectivity index (χ4v) is 1.39. The number of hydrogen-bond donors (Lipinski definition) is 1. The molecule has 88 valence electrons. The second kappa shape index (κ2) is 3.81. The highest BCUT2D eigenvalue weighted by molar-refractivity contribution is 5.75. The topological polar surface area (TPSA) is 56.1 Å². The van der Waals surface area contributed by atoms with Gasteiger partial charge >= 0.3 is 6.09 Å². The number of nitrogens with zero attached hydrogens (tertiary/aromatic N) is 2. The summed E-state index contributed by atoms with van der Waals surface area (Å²) >= 11 is 0. The highest BCUT2D eigenvalue weighted by Gasteiger charge is 2.26. The van der Waals surface area contributed by atoms with E-state index < -0.39 is 11.7 Å². The van der Waals surface area contributed by atoms with Crippen molar-refractivity contribution in [1.29, 1.82) is 0 Å². The Morgan fingerprint density at radius 1 is 1.56 bits per heavy atom. The van der Waals surface area contributed by atoms with Crippen molar-refractivity contribution in [2.75, 3.05) is 5.43 Å². The van der Waals surface area contributed by atoms with E-state index in [4.69, 9.17) is 4.74 Å². The summed E-state index contributed by atoms with van der Waals surface area (Å²) in [5.41, 5.74) is 3.09. The smallest absolute Gasteiger partial charge is 0.428 e. The molecule has 1 saturated carbocycles. The number of hydrogen-bond acceptors (Lipinski definition) is 3. The van der Waals surface area contributed by atoms with E-state index in [2.05, 4.69) is 10.5 Å². The molecule has 1 aromatic heterocycles. The minimum absolute atomic E-state index is 0.488. The van der Waals surface area contributed by atoms with Crippen LogP contribution in [-0.4, -0.2) is 21.6 Å². The standard InChI is InChI=1S/C11H17N3O2/c1-11(2,3)16-10(15)13-14-7-6-9(12-14)8-4-5-8/h6-8H,4-5H2,1-3H3,(H,13,15). The molecule has 5 heteroatoms. The van der Waals surface area contributed by atoms with Crippen LogP contribution in [0.1, 0.15) is 45.2 Å². The van der Waals surface area contributed by atoms with Crippen molar-refractivity contribution in [2.45, 2.75) is 45.1 Å². The van der Waals surface area contributed by atoms with Crippen molar-refractivity contribution in [3.8, 4) is 0 Å². The lowest BCUT2D eigenvalue weighted by Crippen LogP contribution is -2.31. The van der Waals surface area contributed by atoms with E-state index in [9.17, 15) is 4.79 Å². The Labute approximate surface area is 94.7 Å². The zero-order valence-electron chi connectivity index (χ0n) is 9.86. The number of carbonyl (C=O) groups is 1. The Bertz CT molecular complexity index is 388. The summed E-state index contributed by atoms with van der Waals surface area (Å²) in [5, 5.41) is 4.25. The van der Waals surface area contributed by atoms with Crippen LogP contribution in [0.25, 0.3) is 0 Å². The van der Waals surface area contributed by atoms with Gasteiger partial charge in [0.05, 0.1) is 5.69 Å². The van der Waals surface area contributed by atoms with Crippen molar-refractivity contribution in [1.82, 2.24) is 9.89 Å². The summed E-state index contributed by atoms with van der Waals surface area (Å²) in [6, 6.07) is 1.93. The van der Waals surface area contributed by atoms with Crippen LogP contribution in [0, 0.1) is 0 Å². The third-order valence-electron chi connectivity index (χ3n) is 2.21. The first kappa shape index (κ1) is 11.0. The van der Waals surface area contributed by atoms with Gasteiger partial charge in [-0.2, -0.15) is 9.89 Å². The van der Waals surface area contributed by atoms with Crippen LogP contribution in [-0.2, 0) is 4.74 Å². The SMILES string of the molecule is CC(C)(C)OC(=O)Nn1ccc(C2CC2)n1. The average molecular weight is 223 g/mol. The minimum atomic E-state index is -0.490. The second-order valence-corrected chi connectivity index (χ2v) is 5.07. The first-order chi connectivity index (χ1) is 7.44. The maximum absolute atomic E-state index is 11.4. The predicted molar refractivity (Wildman–Crippen MR) is 59.8 cm³/mol. The fraction of sp³-hybridized carbons (Fsp3) is 0.636. The molecule has 0 saturated heterocycles. The largest absolute Gasteiger partial charge is 0.443 e. The molecule has 1 amide bonds. The van der Waals surface area contributed by atoms with Gasteiger partial charge in [0.2, 0.25) is 0 Å². The molecule has 1 heterocycles. The van der Waals surface area contributed by atoms with Gasteiger partial charge in [0.15, 0.2) is 0 Å². The summed E-state index contributed by atoms with van der Waals surface area (Å²) in [6.07, 6.45) is 3.64. The Morgan fingerprint density at radius 2 is 2.25 bits per heavy atom. The van der Waals surface area contributed by atoms with Crippen molar-refractivity contribution in [3.63, 3.8) is 0 Å². The predicted octanol–water partition coefficient (Wildman–Crippen LogP) is 2.24. The molecule has 0 radical (unpaired) electrons. The molecule has 16 heavy (non-hydrogen) atoms. The van der Waals surface area contributed by atoms with E-state index in [1.54, 1.807) is 6.20 Å².